The van der Waals surface area contributed by atoms with Gasteiger partial charge in [-0.2, -0.15) is 0 Å². The number of amides is 2. The second kappa shape index (κ2) is 7.51. The number of aryl methyl sites for hydroxylation is 1. The Morgan fingerprint density at radius 2 is 1.87 bits per heavy atom. The molecule has 31 heavy (non-hydrogen) atoms. The number of carbonyl (C=O) groups is 2. The third kappa shape index (κ3) is 3.19. The van der Waals surface area contributed by atoms with E-state index in [-0.39, 0.29) is 23.5 Å². The molecule has 3 aromatic rings. The molecule has 0 bridgehead atoms. The van der Waals surface area contributed by atoms with Crippen molar-refractivity contribution >= 4 is 52.8 Å². The number of aromatic amines is 1. The van der Waals surface area contributed by atoms with Gasteiger partial charge in [-0.15, -0.1) is 11.3 Å². The smallest absolute Gasteiger partial charge is 0.248 e. The summed E-state index contributed by atoms with van der Waals surface area (Å²) in [5.41, 5.74) is 2.43. The highest BCUT2D eigenvalue weighted by Crippen LogP contribution is 2.54. The van der Waals surface area contributed by atoms with E-state index >= 15 is 0 Å². The minimum Gasteiger partial charge on any atom is -0.504 e. The Kier molecular flexibility index (Phi) is 4.91. The van der Waals surface area contributed by atoms with E-state index in [1.807, 2.05) is 19.1 Å². The lowest BCUT2D eigenvalue weighted by Crippen LogP contribution is -2.32. The van der Waals surface area contributed by atoms with Crippen molar-refractivity contribution in [3.8, 4) is 11.5 Å². The normalized spacial score (nSPS) is 22.4. The maximum atomic E-state index is 13.6. The van der Waals surface area contributed by atoms with Crippen LogP contribution in [0.4, 0.5) is 5.69 Å². The summed E-state index contributed by atoms with van der Waals surface area (Å²) in [4.78, 5) is 32.4. The second-order valence-electron chi connectivity index (χ2n) is 7.53. The first-order valence-corrected chi connectivity index (χ1v) is 11.7. The predicted octanol–water partition coefficient (Wildman–Crippen LogP) is 4.62. The fraction of sp³-hybridized carbons (Fsp3) is 0.227. The molecular formula is C22H18N2O4S3. The fourth-order valence-corrected chi connectivity index (χ4v) is 7.17. The maximum Gasteiger partial charge on any atom is 0.248 e. The molecule has 9 heteroatoms. The van der Waals surface area contributed by atoms with Gasteiger partial charge in [-0.1, -0.05) is 35.5 Å². The van der Waals surface area contributed by atoms with Crippen LogP contribution in [0.1, 0.15) is 21.9 Å². The Bertz CT molecular complexity index is 1260. The number of methoxy groups -OCH3 is 1. The molecule has 1 saturated heterocycles. The van der Waals surface area contributed by atoms with Crippen LogP contribution in [-0.2, 0) is 9.59 Å². The number of hydrogen-bond donors (Lipinski definition) is 2. The second-order valence-corrected chi connectivity index (χ2v) is 10.4. The van der Waals surface area contributed by atoms with E-state index in [0.29, 0.717) is 15.4 Å². The zero-order valence-electron chi connectivity index (χ0n) is 16.6. The molecule has 0 saturated carbocycles. The van der Waals surface area contributed by atoms with Crippen molar-refractivity contribution in [2.75, 3.05) is 12.0 Å². The van der Waals surface area contributed by atoms with Crippen LogP contribution >= 0.6 is 35.3 Å². The fourth-order valence-electron chi connectivity index (χ4n) is 4.21. The molecule has 2 amide bonds. The number of aromatic nitrogens is 1. The highest BCUT2D eigenvalue weighted by atomic mass is 32.2. The third-order valence-electron chi connectivity index (χ3n) is 5.68. The van der Waals surface area contributed by atoms with E-state index in [1.165, 1.54) is 35.1 Å². The topological polar surface area (TPSA) is 82.6 Å². The van der Waals surface area contributed by atoms with Crippen molar-refractivity contribution in [2.24, 2.45) is 5.92 Å². The minimum absolute atomic E-state index is 0.0185. The Hall–Kier alpha value is -2.62. The molecule has 158 valence electrons. The lowest BCUT2D eigenvalue weighted by atomic mass is 9.83. The summed E-state index contributed by atoms with van der Waals surface area (Å²) in [6, 6.07) is 12.4. The molecule has 2 N–H and O–H groups in total. The van der Waals surface area contributed by atoms with Gasteiger partial charge in [-0.25, -0.2) is 4.90 Å². The summed E-state index contributed by atoms with van der Waals surface area (Å²) in [7, 11) is 1.48. The number of hydrogen-bond acceptors (Lipinski definition) is 7. The van der Waals surface area contributed by atoms with Crippen LogP contribution in [-0.4, -0.2) is 34.3 Å². The number of phenols is 1. The number of rotatable bonds is 3. The molecule has 0 radical (unpaired) electrons. The number of nitrogens with one attached hydrogen (secondary N) is 1. The van der Waals surface area contributed by atoms with E-state index in [1.54, 1.807) is 30.3 Å². The Labute approximate surface area is 191 Å². The summed E-state index contributed by atoms with van der Waals surface area (Å²) in [5, 5.41) is 10.3. The number of phenolic OH excluding ortho intramolecular Hbond substituents is 1. The molecule has 0 unspecified atom stereocenters. The lowest BCUT2D eigenvalue weighted by Gasteiger charge is -2.30. The van der Waals surface area contributed by atoms with Crippen LogP contribution < -0.4 is 9.64 Å². The Morgan fingerprint density at radius 3 is 2.58 bits per heavy atom. The number of thiazole rings is 1. The molecule has 6 nitrogen and oxygen atoms in total. The van der Waals surface area contributed by atoms with Gasteiger partial charge in [0.2, 0.25) is 11.8 Å². The molecular weight excluding hydrogens is 452 g/mol. The highest BCUT2D eigenvalue weighted by molar-refractivity contribution is 8.01. The zero-order chi connectivity index (χ0) is 21.9. The number of H-pyrrole nitrogens is 1. The monoisotopic (exact) mass is 470 g/mol. The lowest BCUT2D eigenvalue weighted by molar-refractivity contribution is -0.122. The van der Waals surface area contributed by atoms with Crippen LogP contribution in [0.2, 0.25) is 0 Å². The molecule has 0 aliphatic carbocycles. The molecule has 2 aliphatic rings. The number of benzene rings is 2. The van der Waals surface area contributed by atoms with Gasteiger partial charge < -0.3 is 14.8 Å². The number of nitrogens with zero attached hydrogens (tertiary/aromatic N) is 1. The summed E-state index contributed by atoms with van der Waals surface area (Å²) in [6.07, 6.45) is 0. The third-order valence-corrected chi connectivity index (χ3v) is 8.43. The Balaban J connectivity index is 1.66. The molecule has 5 rings (SSSR count). The molecule has 0 spiro atoms. The van der Waals surface area contributed by atoms with Crippen molar-refractivity contribution in [3.05, 3.63) is 62.4 Å². The van der Waals surface area contributed by atoms with Crippen molar-refractivity contribution in [3.63, 3.8) is 0 Å². The molecule has 2 aromatic carbocycles. The maximum absolute atomic E-state index is 13.6. The van der Waals surface area contributed by atoms with Crippen LogP contribution in [0.3, 0.4) is 0 Å². The first-order chi connectivity index (χ1) is 14.9. The number of carbonyl (C=O) groups excluding carboxylic acids is 2. The van der Waals surface area contributed by atoms with Crippen molar-refractivity contribution in [2.45, 2.75) is 23.1 Å². The van der Waals surface area contributed by atoms with E-state index in [2.05, 4.69) is 4.98 Å². The number of anilines is 1. The van der Waals surface area contributed by atoms with Crippen LogP contribution in [0.25, 0.3) is 0 Å². The van der Waals surface area contributed by atoms with Gasteiger partial charge in [0, 0.05) is 10.8 Å². The van der Waals surface area contributed by atoms with E-state index in [0.717, 1.165) is 21.0 Å². The zero-order valence-corrected chi connectivity index (χ0v) is 19.1. The predicted molar refractivity (Wildman–Crippen MR) is 123 cm³/mol. The number of imide groups is 1. The van der Waals surface area contributed by atoms with Gasteiger partial charge in [0.15, 0.2) is 15.5 Å². The molecule has 2 aliphatic heterocycles. The molecule has 1 fully saturated rings. The first kappa shape index (κ1) is 20.3. The SMILES string of the molecule is COc1cc([C@@H]2c3sc(=S)[nH]c3S[C@@H]3C(=O)N(c4ccc(C)cc4)C(=O)[C@@H]23)ccc1O. The van der Waals surface area contributed by atoms with Gasteiger partial charge in [0.05, 0.1) is 23.7 Å². The average molecular weight is 471 g/mol. The van der Waals surface area contributed by atoms with Crippen LogP contribution in [0, 0.1) is 16.8 Å². The quantitative estimate of drug-likeness (QED) is 0.429. The number of aromatic hydroxyl groups is 1. The summed E-state index contributed by atoms with van der Waals surface area (Å²) in [5.74, 6) is -1.07. The van der Waals surface area contributed by atoms with Gasteiger partial charge in [-0.3, -0.25) is 9.59 Å². The van der Waals surface area contributed by atoms with Crippen molar-refractivity contribution in [1.82, 2.24) is 4.98 Å². The molecule has 3 heterocycles. The number of ether oxygens (including phenoxy) is 1. The summed E-state index contributed by atoms with van der Waals surface area (Å²) in [6.45, 7) is 1.96. The summed E-state index contributed by atoms with van der Waals surface area (Å²) >= 11 is 8.14. The van der Waals surface area contributed by atoms with Gasteiger partial charge >= 0.3 is 0 Å². The highest BCUT2D eigenvalue weighted by Gasteiger charge is 2.56. The number of thioether (sulfide) groups is 1. The first-order valence-electron chi connectivity index (χ1n) is 9.60. The molecule has 1 aromatic heterocycles. The van der Waals surface area contributed by atoms with Crippen LogP contribution in [0.5, 0.6) is 11.5 Å². The van der Waals surface area contributed by atoms with Gasteiger partial charge in [-0.05, 0) is 49.0 Å². The van der Waals surface area contributed by atoms with Crippen molar-refractivity contribution < 1.29 is 19.4 Å². The number of fused-ring (bicyclic) bond motifs is 2. The van der Waals surface area contributed by atoms with E-state index in [9.17, 15) is 14.7 Å². The molecule has 3 atom stereocenters. The van der Waals surface area contributed by atoms with Crippen LogP contribution in [0.15, 0.2) is 47.5 Å². The summed E-state index contributed by atoms with van der Waals surface area (Å²) < 4.78 is 5.89. The van der Waals surface area contributed by atoms with Gasteiger partial charge in [0.25, 0.3) is 0 Å². The minimum atomic E-state index is -0.581. The average Bonchev–Trinajstić information content (AvgIpc) is 3.24. The largest absolute Gasteiger partial charge is 0.504 e. The van der Waals surface area contributed by atoms with Gasteiger partial charge in [0.1, 0.15) is 5.25 Å². The standard InChI is InChI=1S/C22H18N2O4S3/c1-10-3-6-12(7-4-10)24-20(26)16-15(11-5-8-13(25)14(9-11)28-2)17-19(23-22(29)31-17)30-18(16)21(24)27/h3-9,15-16,18,25H,1-2H3,(H,23,29)/t15-,16-,18-/m0/s1. The Morgan fingerprint density at radius 1 is 1.13 bits per heavy atom. The van der Waals surface area contributed by atoms with Crippen molar-refractivity contribution in [1.29, 1.82) is 0 Å². The van der Waals surface area contributed by atoms with E-state index < -0.39 is 11.2 Å². The van der Waals surface area contributed by atoms with E-state index in [4.69, 9.17) is 17.0 Å².